The van der Waals surface area contributed by atoms with Crippen molar-refractivity contribution in [3.8, 4) is 0 Å². The zero-order chi connectivity index (χ0) is 14.4. The van der Waals surface area contributed by atoms with Gasteiger partial charge in [-0.05, 0) is 13.3 Å². The Morgan fingerprint density at radius 2 is 2.05 bits per heavy atom. The summed E-state index contributed by atoms with van der Waals surface area (Å²) in [4.78, 5) is 37.9. The number of carboxylic acid groups (broad SMARTS) is 1. The predicted octanol–water partition coefficient (Wildman–Crippen LogP) is 1.30. The third-order valence-electron chi connectivity index (χ3n) is 2.06. The van der Waals surface area contributed by atoms with Crippen LogP contribution in [0.4, 0.5) is 9.93 Å². The van der Waals surface area contributed by atoms with Crippen molar-refractivity contribution in [2.75, 3.05) is 5.32 Å². The van der Waals surface area contributed by atoms with Gasteiger partial charge in [0.1, 0.15) is 0 Å². The van der Waals surface area contributed by atoms with Gasteiger partial charge in [0.05, 0.1) is 5.69 Å². The SMILES string of the molecule is CCc1nc(NC(=O)NC(=O)/C=C/C(=O)O)sc1C. The Balaban J connectivity index is 2.55. The summed E-state index contributed by atoms with van der Waals surface area (Å²) in [7, 11) is 0. The lowest BCUT2D eigenvalue weighted by Crippen LogP contribution is -2.33. The van der Waals surface area contributed by atoms with Gasteiger partial charge in [-0.2, -0.15) is 0 Å². The van der Waals surface area contributed by atoms with Gasteiger partial charge in [0.2, 0.25) is 0 Å². The molecule has 0 aliphatic heterocycles. The Kier molecular flexibility index (Phi) is 5.19. The van der Waals surface area contributed by atoms with Crippen molar-refractivity contribution in [2.45, 2.75) is 20.3 Å². The average molecular weight is 283 g/mol. The number of carboxylic acids is 1. The summed E-state index contributed by atoms with van der Waals surface area (Å²) in [5.74, 6) is -2.08. The summed E-state index contributed by atoms with van der Waals surface area (Å²) in [6, 6.07) is -0.753. The lowest BCUT2D eigenvalue weighted by atomic mass is 10.3. The fourth-order valence-corrected chi connectivity index (χ4v) is 2.14. The summed E-state index contributed by atoms with van der Waals surface area (Å²) in [6.07, 6.45) is 2.16. The first-order valence-corrected chi connectivity index (χ1v) is 6.23. The lowest BCUT2D eigenvalue weighted by Gasteiger charge is -2.00. The van der Waals surface area contributed by atoms with Crippen molar-refractivity contribution < 1.29 is 19.5 Å². The van der Waals surface area contributed by atoms with E-state index in [9.17, 15) is 14.4 Å². The molecule has 8 heteroatoms. The molecule has 0 unspecified atom stereocenters. The highest BCUT2D eigenvalue weighted by Crippen LogP contribution is 2.21. The van der Waals surface area contributed by atoms with Crippen LogP contribution in [0.3, 0.4) is 0 Å². The molecule has 1 heterocycles. The van der Waals surface area contributed by atoms with Crippen LogP contribution in [-0.4, -0.2) is 28.0 Å². The third-order valence-corrected chi connectivity index (χ3v) is 2.99. The van der Waals surface area contributed by atoms with Gasteiger partial charge in [-0.1, -0.05) is 6.92 Å². The highest BCUT2D eigenvalue weighted by atomic mass is 32.1. The van der Waals surface area contributed by atoms with Gasteiger partial charge >= 0.3 is 12.0 Å². The van der Waals surface area contributed by atoms with E-state index in [0.29, 0.717) is 11.2 Å². The fourth-order valence-electron chi connectivity index (χ4n) is 1.24. The van der Waals surface area contributed by atoms with Crippen molar-refractivity contribution in [2.24, 2.45) is 0 Å². The number of thiazole rings is 1. The molecular formula is C11H13N3O4S. The number of rotatable bonds is 4. The molecule has 0 atom stereocenters. The maximum atomic E-state index is 11.4. The van der Waals surface area contributed by atoms with Gasteiger partial charge in [0.15, 0.2) is 5.13 Å². The molecule has 0 saturated heterocycles. The maximum Gasteiger partial charge on any atom is 0.328 e. The molecule has 1 aromatic rings. The van der Waals surface area contributed by atoms with E-state index < -0.39 is 17.9 Å². The van der Waals surface area contributed by atoms with Crippen molar-refractivity contribution in [3.63, 3.8) is 0 Å². The Morgan fingerprint density at radius 1 is 1.37 bits per heavy atom. The Hall–Kier alpha value is -2.22. The molecule has 0 aliphatic rings. The normalized spacial score (nSPS) is 10.4. The minimum atomic E-state index is -1.27. The van der Waals surface area contributed by atoms with Gasteiger partial charge < -0.3 is 5.11 Å². The van der Waals surface area contributed by atoms with Crippen LogP contribution in [0.15, 0.2) is 12.2 Å². The van der Waals surface area contributed by atoms with Gasteiger partial charge in [0, 0.05) is 17.0 Å². The molecule has 3 amide bonds. The standard InChI is InChI=1S/C11H13N3O4S/c1-3-7-6(2)19-11(12-7)14-10(18)13-8(15)4-5-9(16)17/h4-5H,3H2,1-2H3,(H,16,17)(H2,12,13,14,15,18)/b5-4+. The van der Waals surface area contributed by atoms with E-state index >= 15 is 0 Å². The number of nitrogens with one attached hydrogen (secondary N) is 2. The van der Waals surface area contributed by atoms with Crippen LogP contribution in [0, 0.1) is 6.92 Å². The number of anilines is 1. The Morgan fingerprint density at radius 3 is 2.58 bits per heavy atom. The summed E-state index contributed by atoms with van der Waals surface area (Å²) in [5.41, 5.74) is 0.886. The van der Waals surface area contributed by atoms with Crippen LogP contribution in [-0.2, 0) is 16.0 Å². The van der Waals surface area contributed by atoms with Crippen LogP contribution < -0.4 is 10.6 Å². The van der Waals surface area contributed by atoms with Crippen molar-refractivity contribution >= 4 is 34.4 Å². The molecule has 0 saturated carbocycles. The van der Waals surface area contributed by atoms with E-state index in [4.69, 9.17) is 5.11 Å². The monoisotopic (exact) mass is 283 g/mol. The average Bonchev–Trinajstić information content (AvgIpc) is 2.66. The van der Waals surface area contributed by atoms with Crippen molar-refractivity contribution in [3.05, 3.63) is 22.7 Å². The van der Waals surface area contributed by atoms with Crippen LogP contribution in [0.25, 0.3) is 0 Å². The summed E-state index contributed by atoms with van der Waals surface area (Å²) in [5, 5.41) is 13.1. The van der Waals surface area contributed by atoms with E-state index in [1.165, 1.54) is 11.3 Å². The molecule has 0 fully saturated rings. The summed E-state index contributed by atoms with van der Waals surface area (Å²) >= 11 is 1.31. The molecule has 0 bridgehead atoms. The minimum Gasteiger partial charge on any atom is -0.478 e. The molecule has 1 rings (SSSR count). The number of carbonyl (C=O) groups is 3. The zero-order valence-electron chi connectivity index (χ0n) is 10.4. The first kappa shape index (κ1) is 14.8. The van der Waals surface area contributed by atoms with Crippen molar-refractivity contribution in [1.82, 2.24) is 10.3 Å². The third kappa shape index (κ3) is 4.88. The topological polar surface area (TPSA) is 108 Å². The number of aliphatic carboxylic acids is 1. The van der Waals surface area contributed by atoms with E-state index in [2.05, 4.69) is 10.3 Å². The number of carbonyl (C=O) groups excluding carboxylic acids is 2. The number of hydrogen-bond donors (Lipinski definition) is 3. The van der Waals surface area contributed by atoms with Crippen LogP contribution >= 0.6 is 11.3 Å². The molecule has 0 spiro atoms. The Labute approximate surface area is 113 Å². The molecule has 0 radical (unpaired) electrons. The molecule has 0 aromatic carbocycles. The predicted molar refractivity (Wildman–Crippen MR) is 70.2 cm³/mol. The molecule has 7 nitrogen and oxygen atoms in total. The number of amides is 3. The summed E-state index contributed by atoms with van der Waals surface area (Å²) in [6.45, 7) is 3.84. The van der Waals surface area contributed by atoms with Crippen molar-refractivity contribution in [1.29, 1.82) is 0 Å². The second-order valence-electron chi connectivity index (χ2n) is 3.49. The first-order valence-electron chi connectivity index (χ1n) is 5.41. The van der Waals surface area contributed by atoms with Crippen LogP contribution in [0.1, 0.15) is 17.5 Å². The fraction of sp³-hybridized carbons (Fsp3) is 0.273. The lowest BCUT2D eigenvalue weighted by molar-refractivity contribution is -0.131. The molecule has 3 N–H and O–H groups in total. The zero-order valence-corrected chi connectivity index (χ0v) is 11.2. The van der Waals surface area contributed by atoms with Crippen LogP contribution in [0.2, 0.25) is 0 Å². The number of nitrogens with zero attached hydrogens (tertiary/aromatic N) is 1. The van der Waals surface area contributed by atoms with E-state index in [1.807, 2.05) is 19.2 Å². The number of aryl methyl sites for hydroxylation is 2. The first-order chi connectivity index (χ1) is 8.92. The van der Waals surface area contributed by atoms with Gasteiger partial charge in [-0.15, -0.1) is 11.3 Å². The minimum absolute atomic E-state index is 0.391. The van der Waals surface area contributed by atoms with Gasteiger partial charge in [-0.3, -0.25) is 15.4 Å². The summed E-state index contributed by atoms with van der Waals surface area (Å²) < 4.78 is 0. The number of aromatic nitrogens is 1. The molecule has 0 aliphatic carbocycles. The number of hydrogen-bond acceptors (Lipinski definition) is 5. The second kappa shape index (κ2) is 6.64. The van der Waals surface area contributed by atoms with Crippen LogP contribution in [0.5, 0.6) is 0 Å². The van der Waals surface area contributed by atoms with E-state index in [-0.39, 0.29) is 0 Å². The smallest absolute Gasteiger partial charge is 0.328 e. The van der Waals surface area contributed by atoms with E-state index in [1.54, 1.807) is 0 Å². The number of imide groups is 1. The van der Waals surface area contributed by atoms with E-state index in [0.717, 1.165) is 23.1 Å². The quantitative estimate of drug-likeness (QED) is 0.722. The molecule has 19 heavy (non-hydrogen) atoms. The molecule has 1 aromatic heterocycles. The Bertz CT molecular complexity index is 536. The highest BCUT2D eigenvalue weighted by Gasteiger charge is 2.10. The molecular weight excluding hydrogens is 270 g/mol. The maximum absolute atomic E-state index is 11.4. The van der Waals surface area contributed by atoms with Gasteiger partial charge in [-0.25, -0.2) is 14.6 Å². The van der Waals surface area contributed by atoms with Gasteiger partial charge in [0.25, 0.3) is 5.91 Å². The number of urea groups is 1. The largest absolute Gasteiger partial charge is 0.478 e. The second-order valence-corrected chi connectivity index (χ2v) is 4.69. The highest BCUT2D eigenvalue weighted by molar-refractivity contribution is 7.15. The molecule has 102 valence electrons.